The van der Waals surface area contributed by atoms with E-state index in [2.05, 4.69) is 16.4 Å². The molecule has 3 aromatic heterocycles. The largest absolute Gasteiger partial charge is 0.487 e. The first kappa shape index (κ1) is 14.2. The topological polar surface area (TPSA) is 52.3 Å². The maximum absolute atomic E-state index is 11.3. The Kier molecular flexibility index (Phi) is 3.69. The Balaban J connectivity index is 1.51. The molecule has 0 saturated heterocycles. The van der Waals surface area contributed by atoms with E-state index in [1.54, 1.807) is 34.8 Å². The van der Waals surface area contributed by atoms with Gasteiger partial charge in [0.15, 0.2) is 0 Å². The summed E-state index contributed by atoms with van der Waals surface area (Å²) in [4.78, 5) is 15.8. The number of hydrogen-bond donors (Lipinski definition) is 0. The maximum atomic E-state index is 11.3. The zero-order chi connectivity index (χ0) is 15.6. The Labute approximate surface area is 139 Å². The number of thiophene rings is 1. The van der Waals surface area contributed by atoms with E-state index in [9.17, 15) is 4.79 Å². The van der Waals surface area contributed by atoms with Crippen molar-refractivity contribution in [3.63, 3.8) is 0 Å². The number of nitrogens with zero attached hydrogens (tertiary/aromatic N) is 1. The Morgan fingerprint density at radius 2 is 2.04 bits per heavy atom. The smallest absolute Gasteiger partial charge is 0.336 e. The van der Waals surface area contributed by atoms with E-state index in [4.69, 9.17) is 9.15 Å². The summed E-state index contributed by atoms with van der Waals surface area (Å²) in [5.74, 6) is 0.650. The van der Waals surface area contributed by atoms with Crippen LogP contribution in [0.15, 0.2) is 61.8 Å². The molecule has 4 aromatic rings. The second-order valence-corrected chi connectivity index (χ2v) is 6.54. The highest BCUT2D eigenvalue weighted by Crippen LogP contribution is 2.26. The van der Waals surface area contributed by atoms with Crippen LogP contribution >= 0.6 is 22.7 Å². The van der Waals surface area contributed by atoms with Crippen molar-refractivity contribution in [2.75, 3.05) is 0 Å². The van der Waals surface area contributed by atoms with E-state index in [0.717, 1.165) is 21.7 Å². The van der Waals surface area contributed by atoms with Gasteiger partial charge in [-0.3, -0.25) is 0 Å². The molecule has 0 fully saturated rings. The Bertz CT molecular complexity index is 1000. The van der Waals surface area contributed by atoms with Gasteiger partial charge in [-0.1, -0.05) is 0 Å². The van der Waals surface area contributed by atoms with Crippen LogP contribution in [0, 0.1) is 0 Å². The van der Waals surface area contributed by atoms with Gasteiger partial charge in [0, 0.05) is 33.8 Å². The predicted octanol–water partition coefficient (Wildman–Crippen LogP) is 4.56. The molecular formula is C17H11NO3S2. The van der Waals surface area contributed by atoms with Gasteiger partial charge in [-0.05, 0) is 29.6 Å². The van der Waals surface area contributed by atoms with Gasteiger partial charge in [-0.25, -0.2) is 9.78 Å². The van der Waals surface area contributed by atoms with Crippen molar-refractivity contribution < 1.29 is 9.15 Å². The standard InChI is InChI=1S/C17H11NO3S2/c19-16-4-2-11-1-3-14(7-15(11)21-16)20-8-13-10-23-17(18-13)12-5-6-22-9-12/h1-7,9-10H,8H2. The lowest BCUT2D eigenvalue weighted by Gasteiger charge is -2.04. The van der Waals surface area contributed by atoms with Crippen molar-refractivity contribution in [2.45, 2.75) is 6.61 Å². The Hall–Kier alpha value is -2.44. The predicted molar refractivity (Wildman–Crippen MR) is 92.2 cm³/mol. The number of thiazole rings is 1. The van der Waals surface area contributed by atoms with Crippen molar-refractivity contribution in [2.24, 2.45) is 0 Å². The molecule has 6 heteroatoms. The molecule has 0 amide bonds. The molecule has 0 unspecified atom stereocenters. The fraction of sp³-hybridized carbons (Fsp3) is 0.0588. The molecule has 114 valence electrons. The van der Waals surface area contributed by atoms with Gasteiger partial charge >= 0.3 is 5.63 Å². The van der Waals surface area contributed by atoms with E-state index in [1.165, 1.54) is 6.07 Å². The van der Waals surface area contributed by atoms with Gasteiger partial charge < -0.3 is 9.15 Å². The van der Waals surface area contributed by atoms with Gasteiger partial charge in [-0.15, -0.1) is 11.3 Å². The number of hydrogen-bond acceptors (Lipinski definition) is 6. The van der Waals surface area contributed by atoms with Crippen molar-refractivity contribution in [1.82, 2.24) is 4.98 Å². The quantitative estimate of drug-likeness (QED) is 0.511. The minimum atomic E-state index is -0.366. The zero-order valence-corrected chi connectivity index (χ0v) is 13.5. The summed E-state index contributed by atoms with van der Waals surface area (Å²) in [7, 11) is 0. The fourth-order valence-corrected chi connectivity index (χ4v) is 3.70. The molecule has 0 bridgehead atoms. The molecule has 0 spiro atoms. The summed E-state index contributed by atoms with van der Waals surface area (Å²) >= 11 is 3.26. The molecule has 0 N–H and O–H groups in total. The van der Waals surface area contributed by atoms with Gasteiger partial charge in [-0.2, -0.15) is 11.3 Å². The molecule has 4 nitrogen and oxygen atoms in total. The van der Waals surface area contributed by atoms with Crippen LogP contribution in [0.4, 0.5) is 0 Å². The van der Waals surface area contributed by atoms with E-state index < -0.39 is 0 Å². The Morgan fingerprint density at radius 1 is 1.13 bits per heavy atom. The normalized spacial score (nSPS) is 11.0. The van der Waals surface area contributed by atoms with Crippen LogP contribution in [-0.4, -0.2) is 4.98 Å². The van der Waals surface area contributed by atoms with Crippen LogP contribution < -0.4 is 10.4 Å². The average Bonchev–Trinajstić information content (AvgIpc) is 3.23. The molecule has 0 saturated carbocycles. The van der Waals surface area contributed by atoms with Crippen LogP contribution in [-0.2, 0) is 6.61 Å². The summed E-state index contributed by atoms with van der Waals surface area (Å²) in [5.41, 5.74) is 2.17. The molecule has 23 heavy (non-hydrogen) atoms. The molecule has 1 aromatic carbocycles. The summed E-state index contributed by atoms with van der Waals surface area (Å²) < 4.78 is 10.9. The third kappa shape index (κ3) is 3.04. The molecular weight excluding hydrogens is 330 g/mol. The first-order chi connectivity index (χ1) is 11.3. The molecule has 0 aliphatic heterocycles. The van der Waals surface area contributed by atoms with Gasteiger partial charge in [0.25, 0.3) is 0 Å². The van der Waals surface area contributed by atoms with Crippen LogP contribution in [0.3, 0.4) is 0 Å². The van der Waals surface area contributed by atoms with E-state index in [-0.39, 0.29) is 5.63 Å². The van der Waals surface area contributed by atoms with Crippen LogP contribution in [0.2, 0.25) is 0 Å². The minimum absolute atomic E-state index is 0.366. The minimum Gasteiger partial charge on any atom is -0.487 e. The molecule has 0 atom stereocenters. The number of fused-ring (bicyclic) bond motifs is 1. The lowest BCUT2D eigenvalue weighted by molar-refractivity contribution is 0.302. The van der Waals surface area contributed by atoms with E-state index >= 15 is 0 Å². The molecule has 0 radical (unpaired) electrons. The Morgan fingerprint density at radius 3 is 2.91 bits per heavy atom. The van der Waals surface area contributed by atoms with Crippen LogP contribution in [0.25, 0.3) is 21.5 Å². The highest BCUT2D eigenvalue weighted by atomic mass is 32.1. The lowest BCUT2D eigenvalue weighted by Crippen LogP contribution is -1.97. The maximum Gasteiger partial charge on any atom is 0.336 e. The summed E-state index contributed by atoms with van der Waals surface area (Å²) in [6, 6.07) is 10.6. The van der Waals surface area contributed by atoms with E-state index in [1.807, 2.05) is 22.9 Å². The fourth-order valence-electron chi connectivity index (χ4n) is 2.18. The molecule has 3 heterocycles. The number of rotatable bonds is 4. The van der Waals surface area contributed by atoms with Crippen molar-refractivity contribution in [1.29, 1.82) is 0 Å². The van der Waals surface area contributed by atoms with Gasteiger partial charge in [0.05, 0.1) is 5.69 Å². The monoisotopic (exact) mass is 341 g/mol. The van der Waals surface area contributed by atoms with Crippen molar-refractivity contribution in [3.8, 4) is 16.3 Å². The first-order valence-electron chi connectivity index (χ1n) is 6.92. The van der Waals surface area contributed by atoms with Crippen LogP contribution in [0.1, 0.15) is 5.69 Å². The third-order valence-corrected chi connectivity index (χ3v) is 4.92. The number of benzene rings is 1. The van der Waals surface area contributed by atoms with Gasteiger partial charge in [0.2, 0.25) is 0 Å². The van der Waals surface area contributed by atoms with Gasteiger partial charge in [0.1, 0.15) is 22.9 Å². The van der Waals surface area contributed by atoms with Crippen molar-refractivity contribution >= 4 is 33.6 Å². The average molecular weight is 341 g/mol. The summed E-state index contributed by atoms with van der Waals surface area (Å²) in [5, 5.41) is 7.97. The second kappa shape index (κ2) is 5.98. The van der Waals surface area contributed by atoms with E-state index in [0.29, 0.717) is 17.9 Å². The zero-order valence-electron chi connectivity index (χ0n) is 11.9. The van der Waals surface area contributed by atoms with Crippen molar-refractivity contribution in [3.05, 3.63) is 68.7 Å². The second-order valence-electron chi connectivity index (χ2n) is 4.90. The molecule has 4 rings (SSSR count). The highest BCUT2D eigenvalue weighted by molar-refractivity contribution is 7.14. The third-order valence-electron chi connectivity index (χ3n) is 3.30. The molecule has 0 aliphatic rings. The molecule has 0 aliphatic carbocycles. The SMILES string of the molecule is O=c1ccc2ccc(OCc3csc(-c4ccsc4)n3)cc2o1. The summed E-state index contributed by atoms with van der Waals surface area (Å²) in [6.45, 7) is 0.378. The lowest BCUT2D eigenvalue weighted by atomic mass is 10.2. The van der Waals surface area contributed by atoms with Crippen LogP contribution in [0.5, 0.6) is 5.75 Å². The number of aromatic nitrogens is 1. The number of ether oxygens (including phenoxy) is 1. The summed E-state index contributed by atoms with van der Waals surface area (Å²) in [6.07, 6.45) is 0. The highest BCUT2D eigenvalue weighted by Gasteiger charge is 2.06. The first-order valence-corrected chi connectivity index (χ1v) is 8.74.